The Labute approximate surface area is 116 Å². The molecular weight excluding hydrogens is 254 g/mol. The van der Waals surface area contributed by atoms with E-state index in [0.29, 0.717) is 6.42 Å². The average molecular weight is 269 g/mol. The summed E-state index contributed by atoms with van der Waals surface area (Å²) in [5.74, 6) is -0.758. The van der Waals surface area contributed by atoms with E-state index in [0.717, 1.165) is 16.7 Å². The Balaban J connectivity index is 0.000000157. The Bertz CT molecular complexity index is 594. The molecule has 0 amide bonds. The Morgan fingerprint density at radius 1 is 1.05 bits per heavy atom. The summed E-state index contributed by atoms with van der Waals surface area (Å²) in [6, 6.07) is 16.0. The largest absolute Gasteiger partial charge is 0.480 e. The van der Waals surface area contributed by atoms with E-state index in [9.17, 15) is 9.59 Å². The molecule has 0 aromatic heterocycles. The lowest BCUT2D eigenvalue weighted by Crippen LogP contribution is -2.32. The van der Waals surface area contributed by atoms with Crippen molar-refractivity contribution in [3.63, 3.8) is 0 Å². The van der Waals surface area contributed by atoms with Gasteiger partial charge in [-0.2, -0.15) is 0 Å². The molecule has 0 radical (unpaired) electrons. The molecule has 0 spiro atoms. The lowest BCUT2D eigenvalue weighted by Gasteiger charge is -2.10. The van der Waals surface area contributed by atoms with E-state index in [4.69, 9.17) is 10.8 Å². The van der Waals surface area contributed by atoms with Gasteiger partial charge in [-0.15, -0.1) is 0 Å². The third-order valence-electron chi connectivity index (χ3n) is 3.00. The second-order valence-corrected chi connectivity index (χ2v) is 4.54. The van der Waals surface area contributed by atoms with Gasteiger partial charge in [-0.05, 0) is 18.1 Å². The van der Waals surface area contributed by atoms with Crippen molar-refractivity contribution in [2.45, 2.75) is 12.5 Å². The van der Waals surface area contributed by atoms with E-state index in [1.54, 1.807) is 0 Å². The van der Waals surface area contributed by atoms with Crippen molar-refractivity contribution in [1.82, 2.24) is 0 Å². The quantitative estimate of drug-likeness (QED) is 0.760. The van der Waals surface area contributed by atoms with Crippen LogP contribution in [0.15, 0.2) is 54.6 Å². The number of aliphatic carboxylic acids is 1. The van der Waals surface area contributed by atoms with E-state index in [1.165, 1.54) is 0 Å². The fourth-order valence-electron chi connectivity index (χ4n) is 1.85. The first-order valence-corrected chi connectivity index (χ1v) is 6.25. The molecule has 1 atom stereocenters. The molecule has 2 aromatic carbocycles. The number of carbonyl (C=O) groups is 2. The van der Waals surface area contributed by atoms with Gasteiger partial charge in [-0.1, -0.05) is 48.5 Å². The van der Waals surface area contributed by atoms with Crippen LogP contribution in [0.3, 0.4) is 0 Å². The molecule has 4 rings (SSSR count). The van der Waals surface area contributed by atoms with Crippen LogP contribution in [0.25, 0.3) is 0 Å². The Morgan fingerprint density at radius 3 is 2.05 bits per heavy atom. The number of hydrogen-bond acceptors (Lipinski definition) is 3. The van der Waals surface area contributed by atoms with Crippen LogP contribution in [0.2, 0.25) is 0 Å². The monoisotopic (exact) mass is 269 g/mol. The van der Waals surface area contributed by atoms with Crippen LogP contribution in [0.1, 0.15) is 21.5 Å². The fraction of sp³-hybridized carbons (Fsp3) is 0.125. The predicted molar refractivity (Wildman–Crippen MR) is 75.6 cm³/mol. The van der Waals surface area contributed by atoms with Gasteiger partial charge in [-0.25, -0.2) is 0 Å². The minimum atomic E-state index is -0.959. The van der Waals surface area contributed by atoms with E-state index < -0.39 is 12.0 Å². The van der Waals surface area contributed by atoms with Crippen LogP contribution in [0, 0.1) is 0 Å². The van der Waals surface area contributed by atoms with E-state index in [2.05, 4.69) is 0 Å². The molecule has 0 unspecified atom stereocenters. The number of hydrogen-bond donors (Lipinski definition) is 2. The third kappa shape index (κ3) is 3.30. The molecule has 4 nitrogen and oxygen atoms in total. The molecule has 4 heteroatoms. The SMILES string of the molecule is N[C@H](Cc1ccccc1)C(=O)O.O=C1c2cccc1c2. The van der Waals surface area contributed by atoms with E-state index >= 15 is 0 Å². The molecule has 102 valence electrons. The molecule has 0 fully saturated rings. The van der Waals surface area contributed by atoms with Crippen molar-refractivity contribution in [2.75, 3.05) is 0 Å². The Kier molecular flexibility index (Phi) is 4.27. The number of nitrogens with two attached hydrogens (primary N) is 1. The predicted octanol–water partition coefficient (Wildman–Crippen LogP) is 1.87. The van der Waals surface area contributed by atoms with Gasteiger partial charge < -0.3 is 10.8 Å². The zero-order valence-electron chi connectivity index (χ0n) is 10.8. The zero-order valence-corrected chi connectivity index (χ0v) is 10.8. The highest BCUT2D eigenvalue weighted by Crippen LogP contribution is 2.19. The van der Waals surface area contributed by atoms with Crippen molar-refractivity contribution in [3.8, 4) is 0 Å². The smallest absolute Gasteiger partial charge is 0.320 e. The van der Waals surface area contributed by atoms with Gasteiger partial charge in [0.25, 0.3) is 0 Å². The summed E-state index contributed by atoms with van der Waals surface area (Å²) >= 11 is 0. The van der Waals surface area contributed by atoms with Gasteiger partial charge in [-0.3, -0.25) is 9.59 Å². The first-order valence-electron chi connectivity index (χ1n) is 6.25. The molecule has 3 N–H and O–H groups in total. The van der Waals surface area contributed by atoms with Crippen molar-refractivity contribution >= 4 is 11.8 Å². The Morgan fingerprint density at radius 2 is 1.65 bits per heavy atom. The number of fused-ring (bicyclic) bond motifs is 2. The zero-order chi connectivity index (χ0) is 14.5. The Hall–Kier alpha value is -2.46. The summed E-state index contributed by atoms with van der Waals surface area (Å²) in [5.41, 5.74) is 8.00. The molecule has 0 heterocycles. The van der Waals surface area contributed by atoms with Crippen molar-refractivity contribution in [3.05, 3.63) is 71.3 Å². The van der Waals surface area contributed by atoms with Crippen molar-refractivity contribution in [2.24, 2.45) is 5.73 Å². The number of carboxylic acid groups (broad SMARTS) is 1. The molecule has 20 heavy (non-hydrogen) atoms. The number of benzene rings is 2. The second-order valence-electron chi connectivity index (χ2n) is 4.54. The van der Waals surface area contributed by atoms with Crippen LogP contribution in [-0.2, 0) is 11.2 Å². The van der Waals surface area contributed by atoms with Gasteiger partial charge in [0.2, 0.25) is 0 Å². The molecule has 2 aromatic rings. The van der Waals surface area contributed by atoms with Gasteiger partial charge in [0.15, 0.2) is 5.78 Å². The number of carboxylic acids is 1. The third-order valence-corrected chi connectivity index (χ3v) is 3.00. The first kappa shape index (κ1) is 14.0. The molecule has 2 aliphatic rings. The van der Waals surface area contributed by atoms with Crippen LogP contribution in [0.4, 0.5) is 0 Å². The number of ketones is 1. The van der Waals surface area contributed by atoms with Gasteiger partial charge in [0.05, 0.1) is 0 Å². The van der Waals surface area contributed by atoms with Crippen LogP contribution in [0.5, 0.6) is 0 Å². The van der Waals surface area contributed by atoms with Crippen LogP contribution in [-0.4, -0.2) is 22.9 Å². The summed E-state index contributed by atoms with van der Waals surface area (Å²) in [4.78, 5) is 21.0. The maximum atomic E-state index is 10.7. The topological polar surface area (TPSA) is 80.4 Å². The summed E-state index contributed by atoms with van der Waals surface area (Å²) < 4.78 is 0. The molecule has 2 bridgehead atoms. The first-order chi connectivity index (χ1) is 9.58. The summed E-state index contributed by atoms with van der Waals surface area (Å²) in [7, 11) is 0. The van der Waals surface area contributed by atoms with Crippen LogP contribution < -0.4 is 5.73 Å². The number of rotatable bonds is 3. The lowest BCUT2D eigenvalue weighted by atomic mass is 9.92. The lowest BCUT2D eigenvalue weighted by molar-refractivity contribution is -0.138. The number of carbonyl (C=O) groups excluding carboxylic acids is 1. The van der Waals surface area contributed by atoms with Gasteiger partial charge >= 0.3 is 5.97 Å². The highest BCUT2D eigenvalue weighted by atomic mass is 16.4. The molecule has 2 aliphatic carbocycles. The van der Waals surface area contributed by atoms with E-state index in [-0.39, 0.29) is 5.78 Å². The molecule has 0 saturated carbocycles. The fourth-order valence-corrected chi connectivity index (χ4v) is 1.85. The summed E-state index contributed by atoms with van der Waals surface area (Å²) in [5, 5.41) is 8.52. The highest BCUT2D eigenvalue weighted by Gasteiger charge is 2.17. The molecular formula is C16H15NO3. The minimum absolute atomic E-state index is 0.201. The minimum Gasteiger partial charge on any atom is -0.480 e. The molecule has 0 aliphatic heterocycles. The highest BCUT2D eigenvalue weighted by molar-refractivity contribution is 6.16. The average Bonchev–Trinajstić information content (AvgIpc) is 2.49. The maximum absolute atomic E-state index is 10.7. The molecule has 0 saturated heterocycles. The second kappa shape index (κ2) is 6.12. The maximum Gasteiger partial charge on any atom is 0.320 e. The van der Waals surface area contributed by atoms with Crippen molar-refractivity contribution < 1.29 is 14.7 Å². The van der Waals surface area contributed by atoms with E-state index in [1.807, 2.05) is 54.6 Å². The standard InChI is InChI=1S/C9H11NO2.C7H4O/c10-8(9(11)12)6-7-4-2-1-3-5-7;8-7-5-2-1-3-6(7)4-5/h1-5,8H,6,10H2,(H,11,12);1-4H/t8-;/m1./s1. The van der Waals surface area contributed by atoms with Gasteiger partial charge in [0, 0.05) is 11.1 Å². The van der Waals surface area contributed by atoms with Crippen molar-refractivity contribution in [1.29, 1.82) is 0 Å². The summed E-state index contributed by atoms with van der Waals surface area (Å²) in [6.07, 6.45) is 0.385. The van der Waals surface area contributed by atoms with Crippen LogP contribution >= 0.6 is 0 Å². The summed E-state index contributed by atoms with van der Waals surface area (Å²) in [6.45, 7) is 0. The normalized spacial score (nSPS) is 12.8. The van der Waals surface area contributed by atoms with Gasteiger partial charge in [0.1, 0.15) is 6.04 Å².